The molecule has 33 heavy (non-hydrogen) atoms. The number of fused-ring (bicyclic) bond motifs is 1. The largest absolute Gasteiger partial charge is 0.493 e. The van der Waals surface area contributed by atoms with E-state index in [1.165, 1.54) is 11.8 Å². The van der Waals surface area contributed by atoms with Crippen LogP contribution in [0.3, 0.4) is 0 Å². The van der Waals surface area contributed by atoms with E-state index in [1.807, 2.05) is 36.4 Å². The molecule has 176 valence electrons. The summed E-state index contributed by atoms with van der Waals surface area (Å²) in [5.74, 6) is 1.83. The van der Waals surface area contributed by atoms with Crippen molar-refractivity contribution in [2.75, 3.05) is 64.1 Å². The third-order valence-corrected chi connectivity index (χ3v) is 7.81. The molecule has 3 aromatic rings. The molecule has 1 aromatic heterocycles. The van der Waals surface area contributed by atoms with E-state index in [9.17, 15) is 4.79 Å². The lowest BCUT2D eigenvalue weighted by atomic mass is 10.3. The maximum absolute atomic E-state index is 12.1. The topological polar surface area (TPSA) is 66.9 Å². The van der Waals surface area contributed by atoms with Crippen LogP contribution < -0.4 is 19.7 Å². The molecule has 0 atom stereocenters. The summed E-state index contributed by atoms with van der Waals surface area (Å²) < 4.78 is 12.0. The molecule has 7 nitrogen and oxygen atoms in total. The van der Waals surface area contributed by atoms with Gasteiger partial charge >= 0.3 is 0 Å². The molecule has 1 aliphatic rings. The Balaban J connectivity index is 1.21. The Bertz CT molecular complexity index is 1090. The summed E-state index contributed by atoms with van der Waals surface area (Å²) in [7, 11) is 3.28. The van der Waals surface area contributed by atoms with Crippen molar-refractivity contribution in [2.24, 2.45) is 0 Å². The maximum Gasteiger partial charge on any atom is 0.230 e. The van der Waals surface area contributed by atoms with E-state index >= 15 is 0 Å². The first-order valence-corrected chi connectivity index (χ1v) is 12.9. The summed E-state index contributed by atoms with van der Waals surface area (Å²) in [6.07, 6.45) is 0. The number of thiazole rings is 1. The number of ether oxygens (including phenoxy) is 2. The van der Waals surface area contributed by atoms with Crippen LogP contribution in [0.4, 0.5) is 5.13 Å². The van der Waals surface area contributed by atoms with Crippen molar-refractivity contribution in [3.63, 3.8) is 0 Å². The standard InChI is InChI=1S/C23H27ClN4O3S2/c1-30-18-7-8-19-21(22(18)31-2)26-23(33-19)28-13-11-27(12-14-28)10-9-25-20(29)15-32-17-5-3-16(24)4-6-17/h3-8H,9-15H2,1-2H3,(H,25,29). The fourth-order valence-corrected chi connectivity index (χ4v) is 5.55. The van der Waals surface area contributed by atoms with Crippen molar-refractivity contribution in [3.8, 4) is 11.5 Å². The summed E-state index contributed by atoms with van der Waals surface area (Å²) in [5, 5.41) is 4.72. The first-order valence-electron chi connectivity index (χ1n) is 10.7. The summed E-state index contributed by atoms with van der Waals surface area (Å²) in [6, 6.07) is 11.5. The molecule has 4 rings (SSSR count). The zero-order chi connectivity index (χ0) is 23.2. The lowest BCUT2D eigenvalue weighted by Crippen LogP contribution is -2.48. The number of amides is 1. The van der Waals surface area contributed by atoms with Gasteiger partial charge in [-0.3, -0.25) is 9.69 Å². The van der Waals surface area contributed by atoms with E-state index in [1.54, 1.807) is 25.6 Å². The van der Waals surface area contributed by atoms with E-state index < -0.39 is 0 Å². The number of benzene rings is 2. The van der Waals surface area contributed by atoms with Crippen LogP contribution in [-0.4, -0.2) is 75.0 Å². The number of hydrogen-bond acceptors (Lipinski definition) is 8. The average molecular weight is 507 g/mol. The van der Waals surface area contributed by atoms with E-state index in [0.29, 0.717) is 28.8 Å². The molecule has 1 amide bonds. The van der Waals surface area contributed by atoms with Gasteiger partial charge in [0.25, 0.3) is 0 Å². The highest BCUT2D eigenvalue weighted by atomic mass is 35.5. The first-order chi connectivity index (χ1) is 16.1. The summed E-state index contributed by atoms with van der Waals surface area (Å²) in [5.41, 5.74) is 0.846. The summed E-state index contributed by atoms with van der Waals surface area (Å²) in [4.78, 5) is 22.7. The molecule has 2 aromatic carbocycles. The van der Waals surface area contributed by atoms with Crippen LogP contribution in [0.5, 0.6) is 11.5 Å². The Kier molecular flexibility index (Phi) is 8.19. The molecule has 0 bridgehead atoms. The van der Waals surface area contributed by atoms with Gasteiger partial charge < -0.3 is 19.7 Å². The fraction of sp³-hybridized carbons (Fsp3) is 0.391. The fourth-order valence-electron chi connectivity index (χ4n) is 3.68. The second kappa shape index (κ2) is 11.3. The third kappa shape index (κ3) is 6.03. The molecule has 1 N–H and O–H groups in total. The number of nitrogens with zero attached hydrogens (tertiary/aromatic N) is 3. The van der Waals surface area contributed by atoms with Crippen LogP contribution in [0, 0.1) is 0 Å². The molecule has 0 saturated carbocycles. The van der Waals surface area contributed by atoms with Gasteiger partial charge in [0, 0.05) is 49.2 Å². The van der Waals surface area contributed by atoms with Crippen molar-refractivity contribution in [1.29, 1.82) is 0 Å². The number of aromatic nitrogens is 1. The molecule has 10 heteroatoms. The van der Waals surface area contributed by atoms with Crippen LogP contribution in [0.2, 0.25) is 5.02 Å². The highest BCUT2D eigenvalue weighted by Gasteiger charge is 2.21. The minimum absolute atomic E-state index is 0.0486. The van der Waals surface area contributed by atoms with Gasteiger partial charge in [0.15, 0.2) is 16.6 Å². The van der Waals surface area contributed by atoms with Crippen molar-refractivity contribution in [3.05, 3.63) is 41.4 Å². The van der Waals surface area contributed by atoms with Crippen LogP contribution in [0.1, 0.15) is 0 Å². The number of nitrogens with one attached hydrogen (secondary N) is 1. The quantitative estimate of drug-likeness (QED) is 0.440. The Hall–Kier alpha value is -2.20. The molecule has 1 fully saturated rings. The second-order valence-corrected chi connectivity index (χ2v) is 10.1. The molecule has 0 aliphatic carbocycles. The van der Waals surface area contributed by atoms with E-state index in [2.05, 4.69) is 15.1 Å². The predicted octanol–water partition coefficient (Wildman–Crippen LogP) is 4.00. The molecule has 2 heterocycles. The van der Waals surface area contributed by atoms with Gasteiger partial charge in [0.2, 0.25) is 5.91 Å². The van der Waals surface area contributed by atoms with Crippen molar-refractivity contribution < 1.29 is 14.3 Å². The highest BCUT2D eigenvalue weighted by molar-refractivity contribution is 8.00. The number of halogens is 1. The van der Waals surface area contributed by atoms with Gasteiger partial charge in [-0.05, 0) is 36.4 Å². The molecule has 1 aliphatic heterocycles. The monoisotopic (exact) mass is 506 g/mol. The van der Waals surface area contributed by atoms with Gasteiger partial charge in [0.05, 0.1) is 24.7 Å². The van der Waals surface area contributed by atoms with Crippen LogP contribution in [0.15, 0.2) is 41.3 Å². The molecule has 0 unspecified atom stereocenters. The SMILES string of the molecule is COc1ccc2sc(N3CCN(CCNC(=O)CSc4ccc(Cl)cc4)CC3)nc2c1OC. The number of thioether (sulfide) groups is 1. The molecular weight excluding hydrogens is 480 g/mol. The van der Waals surface area contributed by atoms with Crippen LogP contribution in [0.25, 0.3) is 10.2 Å². The Morgan fingerprint density at radius 1 is 1.12 bits per heavy atom. The van der Waals surface area contributed by atoms with E-state index in [4.69, 9.17) is 26.1 Å². The van der Waals surface area contributed by atoms with E-state index in [-0.39, 0.29) is 5.91 Å². The van der Waals surface area contributed by atoms with Gasteiger partial charge in [-0.2, -0.15) is 0 Å². The van der Waals surface area contributed by atoms with E-state index in [0.717, 1.165) is 53.0 Å². The Labute approximate surface area is 207 Å². The summed E-state index contributed by atoms with van der Waals surface area (Å²) in [6.45, 7) is 5.17. The minimum atomic E-state index is 0.0486. The highest BCUT2D eigenvalue weighted by Crippen LogP contribution is 2.40. The molecule has 0 spiro atoms. The summed E-state index contributed by atoms with van der Waals surface area (Å²) >= 11 is 9.08. The van der Waals surface area contributed by atoms with Crippen LogP contribution in [-0.2, 0) is 4.79 Å². The zero-order valence-electron chi connectivity index (χ0n) is 18.7. The third-order valence-electron chi connectivity index (χ3n) is 5.47. The number of piperazine rings is 1. The van der Waals surface area contributed by atoms with Gasteiger partial charge in [0.1, 0.15) is 5.52 Å². The smallest absolute Gasteiger partial charge is 0.230 e. The minimum Gasteiger partial charge on any atom is -0.493 e. The van der Waals surface area contributed by atoms with Crippen LogP contribution >= 0.6 is 34.7 Å². The number of carbonyl (C=O) groups excluding carboxylic acids is 1. The predicted molar refractivity (Wildman–Crippen MR) is 137 cm³/mol. The Morgan fingerprint density at radius 3 is 2.58 bits per heavy atom. The van der Waals surface area contributed by atoms with Gasteiger partial charge in [-0.15, -0.1) is 11.8 Å². The lowest BCUT2D eigenvalue weighted by molar-refractivity contribution is -0.118. The van der Waals surface area contributed by atoms with Crippen molar-refractivity contribution in [1.82, 2.24) is 15.2 Å². The Morgan fingerprint density at radius 2 is 1.88 bits per heavy atom. The number of rotatable bonds is 9. The average Bonchev–Trinajstić information content (AvgIpc) is 3.28. The lowest BCUT2D eigenvalue weighted by Gasteiger charge is -2.34. The molecule has 0 radical (unpaired) electrons. The van der Waals surface area contributed by atoms with Crippen molar-refractivity contribution in [2.45, 2.75) is 4.90 Å². The normalized spacial score (nSPS) is 14.5. The molecule has 1 saturated heterocycles. The van der Waals surface area contributed by atoms with Gasteiger partial charge in [-0.1, -0.05) is 22.9 Å². The zero-order valence-corrected chi connectivity index (χ0v) is 21.1. The number of anilines is 1. The van der Waals surface area contributed by atoms with Crippen molar-refractivity contribution >= 4 is 56.0 Å². The number of hydrogen-bond donors (Lipinski definition) is 1. The molecular formula is C23H27ClN4O3S2. The number of methoxy groups -OCH3 is 2. The number of carbonyl (C=O) groups is 1. The maximum atomic E-state index is 12.1. The second-order valence-electron chi connectivity index (χ2n) is 7.57. The first kappa shape index (κ1) is 23.9. The van der Waals surface area contributed by atoms with Gasteiger partial charge in [-0.25, -0.2) is 4.98 Å².